The van der Waals surface area contributed by atoms with E-state index in [9.17, 15) is 27.9 Å². The number of nitrogens with zero attached hydrogens (tertiary/aromatic N) is 2. The van der Waals surface area contributed by atoms with Gasteiger partial charge in [0.15, 0.2) is 0 Å². The number of likely N-dealkylation sites (tertiary alicyclic amines) is 1. The Balaban J connectivity index is 1.59. The predicted octanol–water partition coefficient (Wildman–Crippen LogP) is 4.40. The van der Waals surface area contributed by atoms with Crippen molar-refractivity contribution < 1.29 is 37.3 Å². The molecule has 0 bridgehead atoms. The molecule has 2 aromatic carbocycles. The number of hydrogen-bond donors (Lipinski definition) is 2. The summed E-state index contributed by atoms with van der Waals surface area (Å²) in [6, 6.07) is 12.9. The summed E-state index contributed by atoms with van der Waals surface area (Å²) in [5, 5.41) is 10.7. The van der Waals surface area contributed by atoms with E-state index >= 15 is 0 Å². The van der Waals surface area contributed by atoms with E-state index in [1.807, 2.05) is 0 Å². The molecule has 0 aromatic heterocycles. The molecule has 1 amide bonds. The first-order chi connectivity index (χ1) is 18.0. The van der Waals surface area contributed by atoms with Crippen molar-refractivity contribution in [1.82, 2.24) is 15.3 Å². The number of amides is 1. The van der Waals surface area contributed by atoms with Gasteiger partial charge in [0.1, 0.15) is 23.2 Å². The summed E-state index contributed by atoms with van der Waals surface area (Å²) in [6.07, 6.45) is -4.99. The molecule has 2 heterocycles. The minimum atomic E-state index is -4.87. The van der Waals surface area contributed by atoms with Gasteiger partial charge in [-0.1, -0.05) is 23.7 Å². The Morgan fingerprint density at radius 1 is 1.13 bits per heavy atom. The van der Waals surface area contributed by atoms with Crippen LogP contribution >= 0.6 is 11.6 Å². The maximum Gasteiger partial charge on any atom is 0.421 e. The zero-order chi connectivity index (χ0) is 27.4. The second kappa shape index (κ2) is 11.6. The van der Waals surface area contributed by atoms with Gasteiger partial charge in [-0.15, -0.1) is 0 Å². The molecule has 38 heavy (non-hydrogen) atoms. The zero-order valence-corrected chi connectivity index (χ0v) is 21.2. The smallest absolute Gasteiger partial charge is 0.421 e. The van der Waals surface area contributed by atoms with Crippen LogP contribution in [0.5, 0.6) is 11.5 Å². The normalized spacial score (nSPS) is 22.3. The molecule has 4 rings (SSSR count). The summed E-state index contributed by atoms with van der Waals surface area (Å²) in [6.45, 7) is 0.0991. The minimum Gasteiger partial charge on any atom is -0.497 e. The van der Waals surface area contributed by atoms with Crippen LogP contribution in [0.3, 0.4) is 0 Å². The molecule has 3 atom stereocenters. The third-order valence-electron chi connectivity index (χ3n) is 6.48. The lowest BCUT2D eigenvalue weighted by molar-refractivity contribution is -0.147. The van der Waals surface area contributed by atoms with E-state index in [2.05, 4.69) is 5.43 Å². The Bertz CT molecular complexity index is 1170. The Labute approximate surface area is 222 Å². The fourth-order valence-electron chi connectivity index (χ4n) is 4.65. The van der Waals surface area contributed by atoms with Gasteiger partial charge in [0.25, 0.3) is 5.91 Å². The first-order valence-electron chi connectivity index (χ1n) is 11.9. The largest absolute Gasteiger partial charge is 0.497 e. The third-order valence-corrected chi connectivity index (χ3v) is 6.73. The quantitative estimate of drug-likeness (QED) is 0.476. The lowest BCUT2D eigenvalue weighted by Crippen LogP contribution is -2.59. The highest BCUT2D eigenvalue weighted by molar-refractivity contribution is 6.30. The Morgan fingerprint density at radius 2 is 1.79 bits per heavy atom. The van der Waals surface area contributed by atoms with E-state index < -0.39 is 41.9 Å². The molecule has 0 spiro atoms. The standard InChI is InChI=1S/C26H27ClF3N3O5/c1-37-19-7-2-16(3-8-19)14-33-25(36)22(26(28,29)30)13-23(31-33)32-15-21(12-18(32)6-11-24(34)35)38-20-9-4-17(27)5-10-20/h2-5,7-10,13,18,21,23,31H,6,11-12,14-15H2,1H3,(H,34,35)/t18-,21?,23?/m1/s1. The molecular formula is C26H27ClF3N3O5. The number of rotatable bonds is 9. The fraction of sp³-hybridized carbons (Fsp3) is 0.385. The van der Waals surface area contributed by atoms with E-state index in [-0.39, 0.29) is 25.9 Å². The predicted molar refractivity (Wildman–Crippen MR) is 132 cm³/mol. The molecule has 2 aromatic rings. The number of carbonyl (C=O) groups excluding carboxylic acids is 1. The van der Waals surface area contributed by atoms with E-state index in [1.54, 1.807) is 53.4 Å². The van der Waals surface area contributed by atoms with E-state index in [1.165, 1.54) is 7.11 Å². The minimum absolute atomic E-state index is 0.120. The van der Waals surface area contributed by atoms with Crippen LogP contribution in [0.15, 0.2) is 60.2 Å². The number of nitrogens with one attached hydrogen (secondary N) is 1. The molecule has 2 aliphatic heterocycles. The van der Waals surface area contributed by atoms with Crippen molar-refractivity contribution in [2.24, 2.45) is 0 Å². The number of hydrogen-bond acceptors (Lipinski definition) is 6. The molecule has 0 saturated carbocycles. The number of halogens is 4. The second-order valence-corrected chi connectivity index (χ2v) is 9.54. The highest BCUT2D eigenvalue weighted by atomic mass is 35.5. The van der Waals surface area contributed by atoms with Crippen molar-refractivity contribution in [3.8, 4) is 11.5 Å². The number of carboxylic acids is 1. The van der Waals surface area contributed by atoms with Gasteiger partial charge in [-0.05, 0) is 54.5 Å². The average molecular weight is 554 g/mol. The van der Waals surface area contributed by atoms with Crippen LogP contribution in [0.1, 0.15) is 24.8 Å². The number of carboxylic acid groups (broad SMARTS) is 1. The van der Waals surface area contributed by atoms with Crippen molar-refractivity contribution in [2.75, 3.05) is 13.7 Å². The topological polar surface area (TPSA) is 91.3 Å². The molecule has 1 saturated heterocycles. The number of benzene rings is 2. The molecule has 0 radical (unpaired) electrons. The summed E-state index contributed by atoms with van der Waals surface area (Å²) in [5.41, 5.74) is 2.23. The van der Waals surface area contributed by atoms with Crippen molar-refractivity contribution >= 4 is 23.5 Å². The number of methoxy groups -OCH3 is 1. The van der Waals surface area contributed by atoms with Gasteiger partial charge in [0, 0.05) is 30.5 Å². The van der Waals surface area contributed by atoms with Crippen molar-refractivity contribution in [1.29, 1.82) is 0 Å². The maximum atomic E-state index is 13.9. The number of aliphatic carboxylic acids is 1. The lowest BCUT2D eigenvalue weighted by Gasteiger charge is -2.39. The number of hydrazine groups is 1. The summed E-state index contributed by atoms with van der Waals surface area (Å²) < 4.78 is 52.9. The summed E-state index contributed by atoms with van der Waals surface area (Å²) in [7, 11) is 1.50. The van der Waals surface area contributed by atoms with Gasteiger partial charge < -0.3 is 14.6 Å². The lowest BCUT2D eigenvalue weighted by atomic mass is 10.1. The van der Waals surface area contributed by atoms with Crippen molar-refractivity contribution in [2.45, 2.75) is 50.3 Å². The highest BCUT2D eigenvalue weighted by Gasteiger charge is 2.47. The molecule has 12 heteroatoms. The Kier molecular flexibility index (Phi) is 8.49. The van der Waals surface area contributed by atoms with Crippen molar-refractivity contribution in [3.05, 3.63) is 70.8 Å². The van der Waals surface area contributed by atoms with Gasteiger partial charge >= 0.3 is 12.1 Å². The first kappa shape index (κ1) is 27.7. The summed E-state index contributed by atoms with van der Waals surface area (Å²) >= 11 is 5.93. The van der Waals surface area contributed by atoms with E-state index in [4.69, 9.17) is 21.1 Å². The van der Waals surface area contributed by atoms with Crippen LogP contribution in [0.25, 0.3) is 0 Å². The monoisotopic (exact) mass is 553 g/mol. The Morgan fingerprint density at radius 3 is 2.39 bits per heavy atom. The molecule has 0 aliphatic carbocycles. The molecule has 204 valence electrons. The highest BCUT2D eigenvalue weighted by Crippen LogP contribution is 2.34. The van der Waals surface area contributed by atoms with Gasteiger partial charge in [-0.25, -0.2) is 5.43 Å². The third kappa shape index (κ3) is 6.77. The fourth-order valence-corrected chi connectivity index (χ4v) is 4.78. The van der Waals surface area contributed by atoms with Crippen LogP contribution in [-0.2, 0) is 16.1 Å². The SMILES string of the molecule is COc1ccc(CN2NC(N3CC(Oc4ccc(Cl)cc4)C[C@H]3CCC(=O)O)C=C(C(F)(F)F)C2=O)cc1. The van der Waals surface area contributed by atoms with Gasteiger partial charge in [-0.2, -0.15) is 13.2 Å². The number of ether oxygens (including phenoxy) is 2. The van der Waals surface area contributed by atoms with E-state index in [0.29, 0.717) is 28.5 Å². The number of carbonyl (C=O) groups is 2. The Hall–Kier alpha value is -3.28. The van der Waals surface area contributed by atoms with Crippen LogP contribution in [0.2, 0.25) is 5.02 Å². The summed E-state index contributed by atoms with van der Waals surface area (Å²) in [4.78, 5) is 25.8. The second-order valence-electron chi connectivity index (χ2n) is 9.10. The van der Waals surface area contributed by atoms with E-state index in [0.717, 1.165) is 11.1 Å². The van der Waals surface area contributed by atoms with Gasteiger partial charge in [0.2, 0.25) is 0 Å². The van der Waals surface area contributed by atoms with Gasteiger partial charge in [-0.3, -0.25) is 19.5 Å². The van der Waals surface area contributed by atoms with Crippen molar-refractivity contribution in [3.63, 3.8) is 0 Å². The zero-order valence-electron chi connectivity index (χ0n) is 20.5. The molecule has 1 fully saturated rings. The van der Waals surface area contributed by atoms with Crippen LogP contribution < -0.4 is 14.9 Å². The first-order valence-corrected chi connectivity index (χ1v) is 12.3. The number of alkyl halides is 3. The average Bonchev–Trinajstić information content (AvgIpc) is 3.27. The van der Waals surface area contributed by atoms with Crippen LogP contribution in [-0.4, -0.2) is 65.0 Å². The molecular weight excluding hydrogens is 527 g/mol. The molecule has 2 aliphatic rings. The van der Waals surface area contributed by atoms with Gasteiger partial charge in [0.05, 0.1) is 19.8 Å². The maximum absolute atomic E-state index is 13.9. The molecule has 2 unspecified atom stereocenters. The summed E-state index contributed by atoms with van der Waals surface area (Å²) in [5.74, 6) is -1.09. The van der Waals surface area contributed by atoms with Crippen LogP contribution in [0.4, 0.5) is 13.2 Å². The molecule has 8 nitrogen and oxygen atoms in total. The molecule has 2 N–H and O–H groups in total. The van der Waals surface area contributed by atoms with Crippen LogP contribution in [0, 0.1) is 0 Å².